The largest absolute Gasteiger partial charge is 0.481 e. The van der Waals surface area contributed by atoms with E-state index in [0.717, 1.165) is 50.5 Å². The summed E-state index contributed by atoms with van der Waals surface area (Å²) in [6, 6.07) is 10.0. The van der Waals surface area contributed by atoms with Crippen LogP contribution in [0.3, 0.4) is 0 Å². The van der Waals surface area contributed by atoms with E-state index < -0.39 is 12.1 Å². The molecule has 170 valence electrons. The molecule has 0 radical (unpaired) electrons. The number of aliphatic hydroxyl groups is 1. The predicted octanol–water partition coefficient (Wildman–Crippen LogP) is 6.44. The molecule has 2 fully saturated rings. The zero-order valence-corrected chi connectivity index (χ0v) is 19.0. The zero-order chi connectivity index (χ0) is 22.7. The minimum atomic E-state index is -0.720. The molecule has 0 aromatic heterocycles. The molecule has 32 heavy (non-hydrogen) atoms. The Labute approximate surface area is 192 Å². The Morgan fingerprint density at radius 3 is 2.69 bits per heavy atom. The molecule has 3 nitrogen and oxygen atoms in total. The summed E-state index contributed by atoms with van der Waals surface area (Å²) in [5.41, 5.74) is 2.36. The Balaban J connectivity index is 1.53. The summed E-state index contributed by atoms with van der Waals surface area (Å²) in [7, 11) is 0. The summed E-state index contributed by atoms with van der Waals surface area (Å²) in [5, 5.41) is 19.6. The third-order valence-corrected chi connectivity index (χ3v) is 6.88. The highest BCUT2D eigenvalue weighted by molar-refractivity contribution is 5.66. The molecule has 2 saturated carbocycles. The van der Waals surface area contributed by atoms with E-state index in [1.165, 1.54) is 18.4 Å². The van der Waals surface area contributed by atoms with Crippen LogP contribution in [0.5, 0.6) is 0 Å². The lowest BCUT2D eigenvalue weighted by atomic mass is 9.63. The van der Waals surface area contributed by atoms with Crippen molar-refractivity contribution in [3.05, 3.63) is 71.8 Å². The van der Waals surface area contributed by atoms with Crippen molar-refractivity contribution in [2.45, 2.75) is 76.7 Å². The normalized spacial score (nSPS) is 22.4. The number of rotatable bonds is 9. The summed E-state index contributed by atoms with van der Waals surface area (Å²) >= 11 is 0. The molecule has 3 rings (SSSR count). The molecule has 2 aliphatic rings. The van der Waals surface area contributed by atoms with Crippen LogP contribution in [0.4, 0.5) is 0 Å². The quantitative estimate of drug-likeness (QED) is 0.204. The highest BCUT2D eigenvalue weighted by atomic mass is 16.4. The molecule has 0 saturated heterocycles. The van der Waals surface area contributed by atoms with Crippen LogP contribution in [-0.4, -0.2) is 22.3 Å². The van der Waals surface area contributed by atoms with E-state index in [2.05, 4.69) is 30.1 Å². The van der Waals surface area contributed by atoms with Crippen LogP contribution >= 0.6 is 0 Å². The van der Waals surface area contributed by atoms with E-state index in [1.54, 1.807) is 0 Å². The average Bonchev–Trinajstić information content (AvgIpc) is 2.77. The van der Waals surface area contributed by atoms with Gasteiger partial charge in [0.25, 0.3) is 0 Å². The van der Waals surface area contributed by atoms with Crippen molar-refractivity contribution in [2.24, 2.45) is 11.3 Å². The number of aliphatic carboxylic acids is 1. The Hall–Kier alpha value is -2.57. The topological polar surface area (TPSA) is 57.5 Å². The molecular formula is C29H36O3. The lowest BCUT2D eigenvalue weighted by molar-refractivity contribution is -0.137. The minimum Gasteiger partial charge on any atom is -0.481 e. The van der Waals surface area contributed by atoms with Gasteiger partial charge in [0.05, 0.1) is 6.10 Å². The Bertz CT molecular complexity index is 878. The summed E-state index contributed by atoms with van der Waals surface area (Å²) in [6.07, 6.45) is 20.5. The van der Waals surface area contributed by atoms with E-state index in [4.69, 9.17) is 5.11 Å². The van der Waals surface area contributed by atoms with Crippen molar-refractivity contribution < 1.29 is 15.0 Å². The monoisotopic (exact) mass is 432 g/mol. The van der Waals surface area contributed by atoms with E-state index in [0.29, 0.717) is 12.3 Å². The number of allylic oxidation sites excluding steroid dienone is 5. The fourth-order valence-electron chi connectivity index (χ4n) is 4.70. The molecule has 1 aromatic carbocycles. The number of carboxylic acids is 1. The number of hydrogen-bond acceptors (Lipinski definition) is 2. The third-order valence-electron chi connectivity index (χ3n) is 6.88. The van der Waals surface area contributed by atoms with E-state index >= 15 is 0 Å². The number of unbranched alkanes of at least 4 members (excludes halogenated alkanes) is 1. The Morgan fingerprint density at radius 1 is 1.16 bits per heavy atom. The van der Waals surface area contributed by atoms with Gasteiger partial charge >= 0.3 is 5.97 Å². The zero-order valence-electron chi connectivity index (χ0n) is 19.0. The van der Waals surface area contributed by atoms with Gasteiger partial charge in [-0.05, 0) is 63.0 Å². The van der Waals surface area contributed by atoms with Gasteiger partial charge in [-0.15, -0.1) is 0 Å². The first-order valence-electron chi connectivity index (χ1n) is 12.1. The summed E-state index contributed by atoms with van der Waals surface area (Å²) in [6.45, 7) is 0. The third kappa shape index (κ3) is 7.24. The molecule has 0 aliphatic heterocycles. The van der Waals surface area contributed by atoms with Gasteiger partial charge in [-0.25, -0.2) is 0 Å². The second-order valence-electron chi connectivity index (χ2n) is 9.19. The molecule has 0 amide bonds. The number of carboxylic acid groups (broad SMARTS) is 1. The maximum atomic E-state index is 10.8. The molecule has 2 aliphatic carbocycles. The lowest BCUT2D eigenvalue weighted by Crippen LogP contribution is -2.40. The average molecular weight is 433 g/mol. The molecule has 3 heteroatoms. The number of benzene rings is 1. The fourth-order valence-corrected chi connectivity index (χ4v) is 4.70. The van der Waals surface area contributed by atoms with E-state index in [-0.39, 0.29) is 11.8 Å². The summed E-state index contributed by atoms with van der Waals surface area (Å²) in [5.74, 6) is 6.24. The van der Waals surface area contributed by atoms with Crippen LogP contribution < -0.4 is 0 Å². The first-order valence-corrected chi connectivity index (χ1v) is 12.1. The lowest BCUT2D eigenvalue weighted by Gasteiger charge is -2.43. The van der Waals surface area contributed by atoms with Gasteiger partial charge in [0, 0.05) is 23.8 Å². The van der Waals surface area contributed by atoms with Gasteiger partial charge in [-0.2, -0.15) is 0 Å². The highest BCUT2D eigenvalue weighted by Gasteiger charge is 2.41. The smallest absolute Gasteiger partial charge is 0.303 e. The maximum Gasteiger partial charge on any atom is 0.303 e. The van der Waals surface area contributed by atoms with Crippen molar-refractivity contribution in [3.8, 4) is 11.8 Å². The van der Waals surface area contributed by atoms with Gasteiger partial charge in [-0.1, -0.05) is 78.8 Å². The predicted molar refractivity (Wildman–Crippen MR) is 130 cm³/mol. The van der Waals surface area contributed by atoms with Crippen LogP contribution in [0.25, 0.3) is 0 Å². The second kappa shape index (κ2) is 12.5. The van der Waals surface area contributed by atoms with Crippen LogP contribution in [0, 0.1) is 23.2 Å². The van der Waals surface area contributed by atoms with E-state index in [9.17, 15) is 9.90 Å². The van der Waals surface area contributed by atoms with Crippen LogP contribution in [0.1, 0.15) is 76.2 Å². The van der Waals surface area contributed by atoms with Gasteiger partial charge < -0.3 is 10.2 Å². The SMILES string of the molecule is O=C(O)CCC/C=C1/CCCCC1/C=C/C=C/C(O)C1(CC#Cc2ccccc2)CCC1. The minimum absolute atomic E-state index is 0.105. The van der Waals surface area contributed by atoms with Crippen molar-refractivity contribution in [3.63, 3.8) is 0 Å². The summed E-state index contributed by atoms with van der Waals surface area (Å²) < 4.78 is 0. The molecule has 2 N–H and O–H groups in total. The number of hydrogen-bond donors (Lipinski definition) is 2. The van der Waals surface area contributed by atoms with Gasteiger partial charge in [0.2, 0.25) is 0 Å². The second-order valence-corrected chi connectivity index (χ2v) is 9.19. The molecule has 2 atom stereocenters. The van der Waals surface area contributed by atoms with Crippen molar-refractivity contribution in [1.82, 2.24) is 0 Å². The van der Waals surface area contributed by atoms with Gasteiger partial charge in [0.1, 0.15) is 0 Å². The molecule has 2 unspecified atom stereocenters. The first kappa shape index (κ1) is 24.1. The number of carbonyl (C=O) groups is 1. The van der Waals surface area contributed by atoms with Crippen LogP contribution in [0.2, 0.25) is 0 Å². The molecule has 1 aromatic rings. The van der Waals surface area contributed by atoms with Crippen LogP contribution in [0.15, 0.2) is 66.3 Å². The standard InChI is InChI=1S/C29H36O3/c30-27(29(22-11-23-29)21-10-14-24-12-2-1-3-13-24)19-8-6-17-25-15-4-5-16-26(25)18-7-9-20-28(31)32/h1-3,6,8,12-13,17-19,25,27,30H,4-5,7,9,11,15-16,20-23H2,(H,31,32)/b17-6+,19-8+,26-18-. The van der Waals surface area contributed by atoms with Crippen molar-refractivity contribution >= 4 is 5.97 Å². The fraction of sp³-hybridized carbons (Fsp3) is 0.483. The van der Waals surface area contributed by atoms with Crippen LogP contribution in [-0.2, 0) is 4.79 Å². The van der Waals surface area contributed by atoms with E-state index in [1.807, 2.05) is 42.5 Å². The first-order chi connectivity index (χ1) is 15.6. The van der Waals surface area contributed by atoms with Crippen molar-refractivity contribution in [2.75, 3.05) is 0 Å². The van der Waals surface area contributed by atoms with Gasteiger partial charge in [0.15, 0.2) is 0 Å². The molecule has 0 heterocycles. The number of aliphatic hydroxyl groups excluding tert-OH is 1. The highest BCUT2D eigenvalue weighted by Crippen LogP contribution is 2.47. The van der Waals surface area contributed by atoms with Crippen molar-refractivity contribution in [1.29, 1.82) is 0 Å². The Kier molecular flexibility index (Phi) is 9.38. The molecule has 0 bridgehead atoms. The summed E-state index contributed by atoms with van der Waals surface area (Å²) in [4.78, 5) is 10.7. The van der Waals surface area contributed by atoms with Gasteiger partial charge in [-0.3, -0.25) is 4.79 Å². The maximum absolute atomic E-state index is 10.8. The molecule has 0 spiro atoms. The Morgan fingerprint density at radius 2 is 1.97 bits per heavy atom. The molecular weight excluding hydrogens is 396 g/mol.